The van der Waals surface area contributed by atoms with Crippen molar-refractivity contribution in [3.63, 3.8) is 0 Å². The van der Waals surface area contributed by atoms with Crippen molar-refractivity contribution in [3.8, 4) is 0 Å². The van der Waals surface area contributed by atoms with Crippen LogP contribution in [0.3, 0.4) is 0 Å². The summed E-state index contributed by atoms with van der Waals surface area (Å²) in [6.07, 6.45) is -12.5. The molecule has 2 N–H and O–H groups in total. The number of hydrogen-bond acceptors (Lipinski definition) is 4. The molecule has 1 atom stereocenters. The lowest BCUT2D eigenvalue weighted by Crippen LogP contribution is -2.36. The van der Waals surface area contributed by atoms with Gasteiger partial charge in [-0.1, -0.05) is 30.3 Å². The quantitative estimate of drug-likeness (QED) is 0.261. The van der Waals surface area contributed by atoms with Crippen LogP contribution >= 0.6 is 0 Å². The minimum atomic E-state index is -6.08. The molecule has 1 aliphatic rings. The highest BCUT2D eigenvalue weighted by atomic mass is 32.2. The molecule has 208 valence electrons. The second-order valence-electron chi connectivity index (χ2n) is 8.50. The van der Waals surface area contributed by atoms with Crippen LogP contribution in [0.4, 0.5) is 39.5 Å². The van der Waals surface area contributed by atoms with Gasteiger partial charge in [-0.25, -0.2) is 0 Å². The fraction of sp³-hybridized carbons (Fsp3) is 0.348. The number of amides is 1. The van der Waals surface area contributed by atoms with E-state index in [4.69, 9.17) is 5.73 Å². The summed E-state index contributed by atoms with van der Waals surface area (Å²) in [5.41, 5.74) is -7.13. The van der Waals surface area contributed by atoms with Gasteiger partial charge in [-0.05, 0) is 47.7 Å². The first kappa shape index (κ1) is 29.3. The molecule has 0 heterocycles. The van der Waals surface area contributed by atoms with Crippen molar-refractivity contribution in [3.05, 3.63) is 82.1 Å². The third kappa shape index (κ3) is 5.92. The van der Waals surface area contributed by atoms with E-state index in [1.807, 2.05) is 0 Å². The summed E-state index contributed by atoms with van der Waals surface area (Å²) >= 11 is 0. The highest BCUT2D eigenvalue weighted by Crippen LogP contribution is 2.51. The lowest BCUT2D eigenvalue weighted by molar-refractivity contribution is -0.144. The van der Waals surface area contributed by atoms with Crippen molar-refractivity contribution in [2.24, 2.45) is 5.73 Å². The number of carbonyl (C=O) groups is 1. The number of hydrogen-bond donors (Lipinski definition) is 1. The minimum Gasteiger partial charge on any atom is -0.381 e. The molecular weight excluding hydrogens is 557 g/mol. The molecule has 15 heteroatoms. The van der Waals surface area contributed by atoms with Crippen LogP contribution < -0.4 is 5.73 Å². The molecule has 1 amide bonds. The number of nitrogens with two attached hydrogens (primary N) is 1. The minimum absolute atomic E-state index is 0.103. The van der Waals surface area contributed by atoms with Gasteiger partial charge in [0.25, 0.3) is 0 Å². The highest BCUT2D eigenvalue weighted by Gasteiger charge is 2.51. The van der Waals surface area contributed by atoms with E-state index in [1.54, 1.807) is 0 Å². The third-order valence-electron chi connectivity index (χ3n) is 6.00. The van der Waals surface area contributed by atoms with Crippen LogP contribution in [0.25, 0.3) is 0 Å². The normalized spacial score (nSPS) is 19.1. The van der Waals surface area contributed by atoms with Crippen molar-refractivity contribution < 1.29 is 56.9 Å². The van der Waals surface area contributed by atoms with Crippen LogP contribution in [-0.2, 0) is 43.3 Å². The van der Waals surface area contributed by atoms with Crippen LogP contribution in [0.1, 0.15) is 47.1 Å². The number of rotatable bonds is 6. The topological polar surface area (TPSA) is 86.5 Å². The Labute approximate surface area is 210 Å². The first-order chi connectivity index (χ1) is 17.3. The fourth-order valence-corrected chi connectivity index (χ4v) is 4.99. The largest absolute Gasteiger partial charge is 0.534 e. The van der Waals surface area contributed by atoms with Crippen molar-refractivity contribution in [2.45, 2.75) is 49.0 Å². The average Bonchev–Trinajstić information content (AvgIpc) is 2.77. The molecule has 5 nitrogen and oxygen atoms in total. The van der Waals surface area contributed by atoms with Gasteiger partial charge >= 0.3 is 28.0 Å². The summed E-state index contributed by atoms with van der Waals surface area (Å²) < 4.78 is 149. The molecule has 2 aromatic carbocycles. The smallest absolute Gasteiger partial charge is 0.381 e. The van der Waals surface area contributed by atoms with E-state index in [9.17, 15) is 52.7 Å². The fourth-order valence-electron chi connectivity index (χ4n) is 4.47. The zero-order valence-corrected chi connectivity index (χ0v) is 19.8. The molecule has 0 aromatic heterocycles. The lowest BCUT2D eigenvalue weighted by Gasteiger charge is -2.40. The van der Waals surface area contributed by atoms with Crippen LogP contribution in [0, 0.1) is 0 Å². The van der Waals surface area contributed by atoms with Crippen molar-refractivity contribution >= 4 is 16.0 Å². The standard InChI is InChI=1S/C23H18F9NO4S/c24-21(25,26)15-10-13(11-18(33)34)19(17(12-15)22(27,28)29)20(14-4-2-1-3-5-14)8-6-16(7-9-20)37-38(35,36)23(30,31)32/h1-6,10,12H,7-9,11H2,(H2,33,34). The van der Waals surface area contributed by atoms with Gasteiger partial charge in [0.1, 0.15) is 5.76 Å². The van der Waals surface area contributed by atoms with E-state index in [0.29, 0.717) is 6.07 Å². The van der Waals surface area contributed by atoms with Gasteiger partial charge in [-0.2, -0.15) is 47.9 Å². The lowest BCUT2D eigenvalue weighted by atomic mass is 9.64. The number of halogens is 9. The summed E-state index contributed by atoms with van der Waals surface area (Å²) in [5, 5.41) is 0. The molecule has 0 saturated carbocycles. The van der Waals surface area contributed by atoms with E-state index in [1.165, 1.54) is 30.3 Å². The molecule has 1 aliphatic carbocycles. The summed E-state index contributed by atoms with van der Waals surface area (Å²) in [6, 6.07) is 7.34. The van der Waals surface area contributed by atoms with Gasteiger partial charge in [0.05, 0.1) is 17.5 Å². The number of carbonyl (C=O) groups excluding carboxylic acids is 1. The predicted molar refractivity (Wildman–Crippen MR) is 115 cm³/mol. The second-order valence-corrected chi connectivity index (χ2v) is 10.0. The molecule has 0 aliphatic heterocycles. The molecule has 1 unspecified atom stereocenters. The van der Waals surface area contributed by atoms with Gasteiger partial charge in [-0.3, -0.25) is 4.79 Å². The van der Waals surface area contributed by atoms with E-state index >= 15 is 0 Å². The predicted octanol–water partition coefficient (Wildman–Crippen LogP) is 5.97. The van der Waals surface area contributed by atoms with Crippen LogP contribution in [0.15, 0.2) is 54.3 Å². The summed E-state index contributed by atoms with van der Waals surface area (Å²) in [6.45, 7) is 0. The number of allylic oxidation sites excluding steroid dienone is 2. The Kier molecular flexibility index (Phi) is 7.58. The van der Waals surface area contributed by atoms with Gasteiger partial charge < -0.3 is 9.92 Å². The Bertz CT molecular complexity index is 1350. The Morgan fingerprint density at radius 2 is 1.55 bits per heavy atom. The molecule has 38 heavy (non-hydrogen) atoms. The zero-order valence-electron chi connectivity index (χ0n) is 19.0. The molecule has 0 radical (unpaired) electrons. The maximum absolute atomic E-state index is 14.3. The molecule has 0 saturated heterocycles. The number of primary amides is 1. The van der Waals surface area contributed by atoms with Gasteiger partial charge in [-0.15, -0.1) is 0 Å². The van der Waals surface area contributed by atoms with E-state index in [2.05, 4.69) is 4.18 Å². The highest BCUT2D eigenvalue weighted by molar-refractivity contribution is 7.87. The van der Waals surface area contributed by atoms with E-state index in [0.717, 1.165) is 6.08 Å². The van der Waals surface area contributed by atoms with E-state index < -0.39 is 93.0 Å². The zero-order chi connectivity index (χ0) is 28.7. The summed E-state index contributed by atoms with van der Waals surface area (Å²) in [7, 11) is -6.08. The average molecular weight is 575 g/mol. The van der Waals surface area contributed by atoms with Crippen molar-refractivity contribution in [2.75, 3.05) is 0 Å². The van der Waals surface area contributed by atoms with Crippen LogP contribution in [0.5, 0.6) is 0 Å². The Morgan fingerprint density at radius 3 is 2.00 bits per heavy atom. The van der Waals surface area contributed by atoms with Crippen LogP contribution in [0.2, 0.25) is 0 Å². The molecule has 0 bridgehead atoms. The SMILES string of the molecule is NC(=O)Cc1cc(C(F)(F)F)cc(C(F)(F)F)c1C1(c2ccccc2)CC=C(OS(=O)(=O)C(F)(F)F)CC1. The maximum Gasteiger partial charge on any atom is 0.534 e. The second kappa shape index (κ2) is 9.82. The first-order valence-electron chi connectivity index (χ1n) is 10.6. The van der Waals surface area contributed by atoms with Crippen molar-refractivity contribution in [1.29, 1.82) is 0 Å². The summed E-state index contributed by atoms with van der Waals surface area (Å²) in [4.78, 5) is 11.7. The third-order valence-corrected chi connectivity index (χ3v) is 7.00. The Balaban J connectivity index is 2.33. The molecule has 3 rings (SSSR count). The van der Waals surface area contributed by atoms with Gasteiger partial charge in [0.15, 0.2) is 0 Å². The number of benzene rings is 2. The van der Waals surface area contributed by atoms with Gasteiger partial charge in [0, 0.05) is 11.8 Å². The van der Waals surface area contributed by atoms with Crippen LogP contribution in [-0.4, -0.2) is 19.8 Å². The molecular formula is C23H18F9NO4S. The molecule has 0 fully saturated rings. The number of alkyl halides is 9. The molecule has 0 spiro atoms. The first-order valence-corrected chi connectivity index (χ1v) is 12.0. The summed E-state index contributed by atoms with van der Waals surface area (Å²) in [5.74, 6) is -1.93. The van der Waals surface area contributed by atoms with Crippen molar-refractivity contribution in [1.82, 2.24) is 0 Å². The Hall–Kier alpha value is -3.23. The van der Waals surface area contributed by atoms with Gasteiger partial charge in [0.2, 0.25) is 5.91 Å². The monoisotopic (exact) mass is 575 g/mol. The molecule has 2 aromatic rings. The van der Waals surface area contributed by atoms with E-state index in [-0.39, 0.29) is 11.6 Å². The Morgan fingerprint density at radius 1 is 0.947 bits per heavy atom. The maximum atomic E-state index is 14.3.